The minimum atomic E-state index is 0.558. The van der Waals surface area contributed by atoms with E-state index >= 15 is 0 Å². The van der Waals surface area contributed by atoms with Crippen LogP contribution < -0.4 is 0 Å². The number of hydrogen-bond donors (Lipinski definition) is 0. The molecule has 0 amide bonds. The first-order chi connectivity index (χ1) is 5.54. The molecule has 1 aliphatic carbocycles. The van der Waals surface area contributed by atoms with Gasteiger partial charge in [-0.3, -0.25) is 0 Å². The molecule has 0 spiro atoms. The van der Waals surface area contributed by atoms with E-state index in [9.17, 15) is 0 Å². The molecule has 12 heavy (non-hydrogen) atoms. The van der Waals surface area contributed by atoms with Crippen molar-refractivity contribution in [3.05, 3.63) is 0 Å². The van der Waals surface area contributed by atoms with Crippen LogP contribution in [0.5, 0.6) is 0 Å². The molecule has 0 heterocycles. The summed E-state index contributed by atoms with van der Waals surface area (Å²) in [6.07, 6.45) is 7.31. The summed E-state index contributed by atoms with van der Waals surface area (Å²) in [6.45, 7) is 9.49. The van der Waals surface area contributed by atoms with E-state index in [0.717, 1.165) is 11.8 Å². The van der Waals surface area contributed by atoms with Crippen LogP contribution in [0.1, 0.15) is 59.8 Å². The van der Waals surface area contributed by atoms with Crippen LogP contribution in [0.3, 0.4) is 0 Å². The van der Waals surface area contributed by atoms with Gasteiger partial charge in [-0.2, -0.15) is 0 Å². The van der Waals surface area contributed by atoms with Crippen LogP contribution in [0.15, 0.2) is 0 Å². The highest BCUT2D eigenvalue weighted by Crippen LogP contribution is 2.43. The third-order valence-electron chi connectivity index (χ3n) is 3.46. The Bertz CT molecular complexity index is 129. The molecular weight excluding hydrogens is 144 g/mol. The Kier molecular flexibility index (Phi) is 3.20. The van der Waals surface area contributed by atoms with Gasteiger partial charge in [0.05, 0.1) is 0 Å². The molecule has 0 saturated heterocycles. The van der Waals surface area contributed by atoms with Crippen molar-refractivity contribution < 1.29 is 0 Å². The predicted octanol–water partition coefficient (Wildman–Crippen LogP) is 4.25. The molecule has 0 heteroatoms. The molecule has 1 aliphatic rings. The van der Waals surface area contributed by atoms with Crippen molar-refractivity contribution in [2.75, 3.05) is 0 Å². The molecule has 1 fully saturated rings. The zero-order valence-electron chi connectivity index (χ0n) is 9.19. The lowest BCUT2D eigenvalue weighted by Gasteiger charge is -2.26. The van der Waals surface area contributed by atoms with Crippen molar-refractivity contribution in [3.63, 3.8) is 0 Å². The summed E-state index contributed by atoms with van der Waals surface area (Å²) < 4.78 is 0. The maximum absolute atomic E-state index is 2.39. The van der Waals surface area contributed by atoms with Gasteiger partial charge in [0.2, 0.25) is 0 Å². The van der Waals surface area contributed by atoms with Crippen LogP contribution >= 0.6 is 0 Å². The van der Waals surface area contributed by atoms with Gasteiger partial charge in [0.15, 0.2) is 0 Å². The molecule has 0 nitrogen and oxygen atoms in total. The lowest BCUT2D eigenvalue weighted by Crippen LogP contribution is -2.17. The van der Waals surface area contributed by atoms with E-state index in [1.807, 2.05) is 0 Å². The molecule has 0 radical (unpaired) electrons. The van der Waals surface area contributed by atoms with Gasteiger partial charge in [0.25, 0.3) is 0 Å². The fraction of sp³-hybridized carbons (Fsp3) is 1.00. The van der Waals surface area contributed by atoms with Crippen LogP contribution in [-0.4, -0.2) is 0 Å². The molecule has 72 valence electrons. The maximum Gasteiger partial charge on any atom is -0.0354 e. The van der Waals surface area contributed by atoms with Crippen LogP contribution in [0.25, 0.3) is 0 Å². The Hall–Kier alpha value is 0. The van der Waals surface area contributed by atoms with Crippen molar-refractivity contribution >= 4 is 0 Å². The summed E-state index contributed by atoms with van der Waals surface area (Å²) >= 11 is 0. The Morgan fingerprint density at radius 1 is 1.17 bits per heavy atom. The van der Waals surface area contributed by atoms with Crippen molar-refractivity contribution in [3.8, 4) is 0 Å². The summed E-state index contributed by atoms with van der Waals surface area (Å²) in [5.74, 6) is 2.05. The molecule has 1 rings (SSSR count). The first kappa shape index (κ1) is 10.1. The normalized spacial score (nSPS) is 31.0. The van der Waals surface area contributed by atoms with Gasteiger partial charge in [0.1, 0.15) is 0 Å². The van der Waals surface area contributed by atoms with Crippen LogP contribution in [-0.2, 0) is 0 Å². The van der Waals surface area contributed by atoms with Gasteiger partial charge < -0.3 is 0 Å². The number of rotatable bonds is 2. The van der Waals surface area contributed by atoms with Gasteiger partial charge in [-0.15, -0.1) is 0 Å². The van der Waals surface area contributed by atoms with Gasteiger partial charge in [-0.1, -0.05) is 47.0 Å². The molecule has 0 aliphatic heterocycles. The fourth-order valence-electron chi connectivity index (χ4n) is 2.53. The minimum absolute atomic E-state index is 0.558. The summed E-state index contributed by atoms with van der Waals surface area (Å²) in [4.78, 5) is 0. The smallest absolute Gasteiger partial charge is 0.0354 e. The SMILES string of the molecule is CCCC1CCC(C(C)(C)C)C1. The summed E-state index contributed by atoms with van der Waals surface area (Å²) in [5, 5.41) is 0. The third kappa shape index (κ3) is 2.50. The molecule has 1 saturated carbocycles. The Balaban J connectivity index is 2.35. The highest BCUT2D eigenvalue weighted by Gasteiger charge is 2.32. The second-order valence-corrected chi connectivity index (χ2v) is 5.53. The highest BCUT2D eigenvalue weighted by molar-refractivity contribution is 4.83. The van der Waals surface area contributed by atoms with E-state index in [2.05, 4.69) is 27.7 Å². The van der Waals surface area contributed by atoms with Crippen LogP contribution in [0, 0.1) is 17.3 Å². The molecule has 2 unspecified atom stereocenters. The van der Waals surface area contributed by atoms with Crippen molar-refractivity contribution in [2.45, 2.75) is 59.8 Å². The van der Waals surface area contributed by atoms with Gasteiger partial charge in [-0.25, -0.2) is 0 Å². The first-order valence-corrected chi connectivity index (χ1v) is 5.54. The highest BCUT2D eigenvalue weighted by atomic mass is 14.4. The van der Waals surface area contributed by atoms with E-state index in [0.29, 0.717) is 5.41 Å². The monoisotopic (exact) mass is 168 g/mol. The Morgan fingerprint density at radius 3 is 2.25 bits per heavy atom. The second kappa shape index (κ2) is 3.81. The third-order valence-corrected chi connectivity index (χ3v) is 3.46. The molecule has 0 bridgehead atoms. The van der Waals surface area contributed by atoms with Crippen molar-refractivity contribution in [1.29, 1.82) is 0 Å². The maximum atomic E-state index is 2.39. The van der Waals surface area contributed by atoms with Crippen molar-refractivity contribution in [2.24, 2.45) is 17.3 Å². The van der Waals surface area contributed by atoms with E-state index in [-0.39, 0.29) is 0 Å². The summed E-state index contributed by atoms with van der Waals surface area (Å²) in [6, 6.07) is 0. The van der Waals surface area contributed by atoms with E-state index < -0.39 is 0 Å². The zero-order chi connectivity index (χ0) is 9.19. The largest absolute Gasteiger partial charge is 0.0654 e. The summed E-state index contributed by atoms with van der Waals surface area (Å²) in [5.41, 5.74) is 0.558. The van der Waals surface area contributed by atoms with E-state index in [1.165, 1.54) is 32.1 Å². The average molecular weight is 168 g/mol. The molecule has 2 atom stereocenters. The number of hydrogen-bond acceptors (Lipinski definition) is 0. The standard InChI is InChI=1S/C12H24/c1-5-6-10-7-8-11(9-10)12(2,3)4/h10-11H,5-9H2,1-4H3. The zero-order valence-corrected chi connectivity index (χ0v) is 9.19. The van der Waals surface area contributed by atoms with E-state index in [4.69, 9.17) is 0 Å². The molecule has 0 aromatic carbocycles. The first-order valence-electron chi connectivity index (χ1n) is 5.54. The molecule has 0 aromatic rings. The molecule has 0 N–H and O–H groups in total. The van der Waals surface area contributed by atoms with Crippen LogP contribution in [0.2, 0.25) is 0 Å². The fourth-order valence-corrected chi connectivity index (χ4v) is 2.53. The topological polar surface area (TPSA) is 0 Å². The quantitative estimate of drug-likeness (QED) is 0.578. The molecular formula is C12H24. The van der Waals surface area contributed by atoms with Crippen LogP contribution in [0.4, 0.5) is 0 Å². The van der Waals surface area contributed by atoms with Gasteiger partial charge in [-0.05, 0) is 30.1 Å². The Labute approximate surface area is 77.7 Å². The molecule has 0 aromatic heterocycles. The lowest BCUT2D eigenvalue weighted by molar-refractivity contribution is 0.237. The van der Waals surface area contributed by atoms with E-state index in [1.54, 1.807) is 0 Å². The lowest BCUT2D eigenvalue weighted by atomic mass is 9.79. The Morgan fingerprint density at radius 2 is 1.83 bits per heavy atom. The van der Waals surface area contributed by atoms with Crippen molar-refractivity contribution in [1.82, 2.24) is 0 Å². The minimum Gasteiger partial charge on any atom is -0.0654 e. The predicted molar refractivity (Wildman–Crippen MR) is 55.2 cm³/mol. The second-order valence-electron chi connectivity index (χ2n) is 5.53. The summed E-state index contributed by atoms with van der Waals surface area (Å²) in [7, 11) is 0. The van der Waals surface area contributed by atoms with Gasteiger partial charge >= 0.3 is 0 Å². The average Bonchev–Trinajstić information content (AvgIpc) is 2.35. The van der Waals surface area contributed by atoms with Gasteiger partial charge in [0, 0.05) is 0 Å².